The molecule has 4 heteroatoms. The zero-order valence-corrected chi connectivity index (χ0v) is 14.9. The van der Waals surface area contributed by atoms with Gasteiger partial charge in [-0.3, -0.25) is 4.79 Å². The van der Waals surface area contributed by atoms with Crippen LogP contribution in [0.2, 0.25) is 0 Å². The summed E-state index contributed by atoms with van der Waals surface area (Å²) in [5.74, 6) is 0.948. The minimum atomic E-state index is -0.625. The van der Waals surface area contributed by atoms with Crippen molar-refractivity contribution in [3.8, 4) is 0 Å². The first-order chi connectivity index (χ1) is 11.3. The van der Waals surface area contributed by atoms with Gasteiger partial charge in [-0.25, -0.2) is 0 Å². The molecule has 0 radical (unpaired) electrons. The van der Waals surface area contributed by atoms with Crippen LogP contribution in [0.3, 0.4) is 0 Å². The highest BCUT2D eigenvalue weighted by Gasteiger charge is 2.59. The molecule has 0 aliphatic heterocycles. The van der Waals surface area contributed by atoms with Gasteiger partial charge in [0, 0.05) is 0 Å². The molecule has 0 bridgehead atoms. The summed E-state index contributed by atoms with van der Waals surface area (Å²) < 4.78 is 0. The van der Waals surface area contributed by atoms with Crippen LogP contribution in [0.15, 0.2) is 11.6 Å². The molecule has 0 heterocycles. The van der Waals surface area contributed by atoms with E-state index in [1.54, 1.807) is 0 Å². The Morgan fingerprint density at radius 3 is 2.67 bits per heavy atom. The minimum absolute atomic E-state index is 0.0171. The maximum atomic E-state index is 11.8. The Balaban J connectivity index is 1.68. The summed E-state index contributed by atoms with van der Waals surface area (Å²) in [6.45, 7) is 4.58. The van der Waals surface area contributed by atoms with Crippen LogP contribution in [0.5, 0.6) is 0 Å². The largest absolute Gasteiger partial charge is 0.393 e. The molecule has 0 saturated heterocycles. The highest BCUT2D eigenvalue weighted by molar-refractivity contribution is 5.77. The lowest BCUT2D eigenvalue weighted by Gasteiger charge is -2.58. The average Bonchev–Trinajstić information content (AvgIpc) is 2.83. The number of fused-ring (bicyclic) bond motifs is 5. The molecular formula is C20H31NO3. The number of hydrogen-bond acceptors (Lipinski definition) is 3. The van der Waals surface area contributed by atoms with Gasteiger partial charge < -0.3 is 15.9 Å². The number of nitrogens with two attached hydrogens (primary N) is 1. The van der Waals surface area contributed by atoms with Crippen molar-refractivity contribution in [2.24, 2.45) is 40.2 Å². The van der Waals surface area contributed by atoms with Gasteiger partial charge in [0.25, 0.3) is 0 Å². The molecule has 4 nitrogen and oxygen atoms in total. The third kappa shape index (κ3) is 2.08. The second kappa shape index (κ2) is 5.31. The molecule has 4 aliphatic rings. The Kier molecular flexibility index (Phi) is 3.67. The van der Waals surface area contributed by atoms with E-state index in [1.165, 1.54) is 5.57 Å². The zero-order valence-electron chi connectivity index (χ0n) is 14.9. The topological polar surface area (TPSA) is 83.6 Å². The van der Waals surface area contributed by atoms with E-state index in [1.807, 2.05) is 0 Å². The van der Waals surface area contributed by atoms with Crippen LogP contribution in [0.25, 0.3) is 0 Å². The number of allylic oxidation sites excluding steroid dienone is 1. The van der Waals surface area contributed by atoms with Gasteiger partial charge >= 0.3 is 0 Å². The van der Waals surface area contributed by atoms with Crippen molar-refractivity contribution in [1.82, 2.24) is 0 Å². The van der Waals surface area contributed by atoms with Crippen LogP contribution >= 0.6 is 0 Å². The van der Waals surface area contributed by atoms with Crippen molar-refractivity contribution in [2.75, 3.05) is 0 Å². The number of rotatable bonds is 1. The van der Waals surface area contributed by atoms with Gasteiger partial charge in [-0.15, -0.1) is 0 Å². The Bertz CT molecular complexity index is 587. The smallest absolute Gasteiger partial charge is 0.223 e. The molecule has 24 heavy (non-hydrogen) atoms. The normalized spacial score (nSPS) is 53.6. The summed E-state index contributed by atoms with van der Waals surface area (Å²) >= 11 is 0. The molecule has 4 rings (SSSR count). The second-order valence-corrected chi connectivity index (χ2v) is 9.38. The SMILES string of the molecule is C[C@]12CC(C(N)=O)C(O)CC1=CC[C@@H]1[C@H]2CC[C@]2(C)C(O)CC[C@@H]12. The first-order valence-corrected chi connectivity index (χ1v) is 9.62. The summed E-state index contributed by atoms with van der Waals surface area (Å²) in [7, 11) is 0. The molecule has 1 amide bonds. The Morgan fingerprint density at radius 1 is 1.21 bits per heavy atom. The molecule has 0 spiro atoms. The van der Waals surface area contributed by atoms with Crippen LogP contribution in [-0.4, -0.2) is 28.3 Å². The van der Waals surface area contributed by atoms with Crippen LogP contribution in [0.1, 0.15) is 58.8 Å². The predicted octanol–water partition coefficient (Wildman–Crippen LogP) is 2.38. The van der Waals surface area contributed by atoms with Gasteiger partial charge in [-0.2, -0.15) is 0 Å². The molecule has 3 fully saturated rings. The number of aliphatic hydroxyl groups excluding tert-OH is 2. The molecule has 3 unspecified atom stereocenters. The third-order valence-electron chi connectivity index (χ3n) is 8.48. The van der Waals surface area contributed by atoms with Gasteiger partial charge in [-0.05, 0) is 73.5 Å². The van der Waals surface area contributed by atoms with Crippen molar-refractivity contribution in [3.63, 3.8) is 0 Å². The lowest BCUT2D eigenvalue weighted by Crippen LogP contribution is -2.53. The summed E-state index contributed by atoms with van der Waals surface area (Å²) in [6, 6.07) is 0. The molecule has 4 aliphatic carbocycles. The van der Waals surface area contributed by atoms with Crippen LogP contribution in [0, 0.1) is 34.5 Å². The quantitative estimate of drug-likeness (QED) is 0.644. The Labute approximate surface area is 144 Å². The highest BCUT2D eigenvalue weighted by atomic mass is 16.3. The molecule has 0 aromatic rings. The number of amides is 1. The number of primary amides is 1. The molecule has 134 valence electrons. The molecule has 0 aromatic carbocycles. The first kappa shape index (κ1) is 16.6. The lowest BCUT2D eigenvalue weighted by molar-refractivity contribution is -0.131. The first-order valence-electron chi connectivity index (χ1n) is 9.62. The molecule has 0 aromatic heterocycles. The molecule has 3 saturated carbocycles. The summed E-state index contributed by atoms with van der Waals surface area (Å²) in [5.41, 5.74) is 6.98. The Morgan fingerprint density at radius 2 is 1.96 bits per heavy atom. The maximum absolute atomic E-state index is 11.8. The van der Waals surface area contributed by atoms with Crippen molar-refractivity contribution in [3.05, 3.63) is 11.6 Å². The van der Waals surface area contributed by atoms with E-state index in [0.29, 0.717) is 30.6 Å². The van der Waals surface area contributed by atoms with Crippen LogP contribution in [-0.2, 0) is 4.79 Å². The van der Waals surface area contributed by atoms with Gasteiger partial charge in [0.1, 0.15) is 0 Å². The fraction of sp³-hybridized carbons (Fsp3) is 0.850. The van der Waals surface area contributed by atoms with E-state index in [2.05, 4.69) is 19.9 Å². The maximum Gasteiger partial charge on any atom is 0.223 e. The summed E-state index contributed by atoms with van der Waals surface area (Å²) in [6.07, 6.45) is 8.15. The fourth-order valence-electron chi connectivity index (χ4n) is 6.98. The minimum Gasteiger partial charge on any atom is -0.393 e. The van der Waals surface area contributed by atoms with Crippen molar-refractivity contribution >= 4 is 5.91 Å². The van der Waals surface area contributed by atoms with E-state index in [4.69, 9.17) is 5.73 Å². The van der Waals surface area contributed by atoms with E-state index in [0.717, 1.165) is 32.1 Å². The fourth-order valence-corrected chi connectivity index (χ4v) is 6.98. The third-order valence-corrected chi connectivity index (χ3v) is 8.48. The second-order valence-electron chi connectivity index (χ2n) is 9.38. The number of hydrogen-bond donors (Lipinski definition) is 3. The summed E-state index contributed by atoms with van der Waals surface area (Å²) in [5, 5.41) is 20.9. The van der Waals surface area contributed by atoms with Gasteiger partial charge in [0.15, 0.2) is 0 Å². The standard InChI is InChI=1S/C20H31NO3/c1-19-8-7-15-12(14(19)5-6-17(19)23)4-3-11-9-16(22)13(18(21)24)10-20(11,15)2/h3,12-17,22-23H,4-10H2,1-2H3,(H2,21,24)/t12-,13?,14-,15+,16?,17?,19-,20-/m0/s1. The monoisotopic (exact) mass is 333 g/mol. The zero-order chi connectivity index (χ0) is 17.3. The summed E-state index contributed by atoms with van der Waals surface area (Å²) in [4.78, 5) is 11.8. The average molecular weight is 333 g/mol. The van der Waals surface area contributed by atoms with Crippen LogP contribution in [0.4, 0.5) is 0 Å². The van der Waals surface area contributed by atoms with E-state index in [9.17, 15) is 15.0 Å². The van der Waals surface area contributed by atoms with Crippen molar-refractivity contribution in [2.45, 2.75) is 71.0 Å². The lowest BCUT2D eigenvalue weighted by atomic mass is 9.47. The number of carbonyl (C=O) groups excluding carboxylic acids is 1. The highest BCUT2D eigenvalue weighted by Crippen LogP contribution is 2.65. The van der Waals surface area contributed by atoms with E-state index < -0.39 is 12.0 Å². The molecular weight excluding hydrogens is 302 g/mol. The van der Waals surface area contributed by atoms with Gasteiger partial charge in [0.05, 0.1) is 18.1 Å². The predicted molar refractivity (Wildman–Crippen MR) is 91.8 cm³/mol. The van der Waals surface area contributed by atoms with Crippen molar-refractivity contribution in [1.29, 1.82) is 0 Å². The van der Waals surface area contributed by atoms with Crippen LogP contribution < -0.4 is 5.73 Å². The molecule has 8 atom stereocenters. The number of aliphatic hydroxyl groups is 2. The van der Waals surface area contributed by atoms with E-state index in [-0.39, 0.29) is 22.8 Å². The number of carbonyl (C=O) groups is 1. The molecule has 4 N–H and O–H groups in total. The van der Waals surface area contributed by atoms with E-state index >= 15 is 0 Å². The Hall–Kier alpha value is -0.870. The van der Waals surface area contributed by atoms with Gasteiger partial charge in [-0.1, -0.05) is 25.5 Å². The van der Waals surface area contributed by atoms with Crippen molar-refractivity contribution < 1.29 is 15.0 Å². The van der Waals surface area contributed by atoms with Gasteiger partial charge in [0.2, 0.25) is 5.91 Å².